The van der Waals surface area contributed by atoms with E-state index in [0.29, 0.717) is 17.6 Å². The van der Waals surface area contributed by atoms with Gasteiger partial charge >= 0.3 is 0 Å². The van der Waals surface area contributed by atoms with Gasteiger partial charge in [0.25, 0.3) is 0 Å². The van der Waals surface area contributed by atoms with E-state index in [1.807, 2.05) is 0 Å². The van der Waals surface area contributed by atoms with Crippen LogP contribution in [0.2, 0.25) is 5.15 Å². The Hall–Kier alpha value is -0.870. The number of aromatic nitrogens is 2. The third-order valence-electron chi connectivity index (χ3n) is 2.53. The fourth-order valence-corrected chi connectivity index (χ4v) is 1.84. The Bertz CT molecular complexity index is 358. The van der Waals surface area contributed by atoms with Gasteiger partial charge in [-0.05, 0) is 12.3 Å². The minimum atomic E-state index is 0.378. The molecule has 18 heavy (non-hydrogen) atoms. The van der Waals surface area contributed by atoms with E-state index in [-0.39, 0.29) is 0 Å². The van der Waals surface area contributed by atoms with Gasteiger partial charge in [0.15, 0.2) is 5.82 Å². The average Bonchev–Trinajstić information content (AvgIpc) is 2.28. The Morgan fingerprint density at radius 1 is 1.33 bits per heavy atom. The van der Waals surface area contributed by atoms with Crippen molar-refractivity contribution < 1.29 is 4.74 Å². The summed E-state index contributed by atoms with van der Waals surface area (Å²) < 4.78 is 5.00. The highest BCUT2D eigenvalue weighted by Crippen LogP contribution is 2.13. The standard InChI is InChI=1S/C13H22ClN3O/c1-10(2)6-4-5-7-15-12-8-11(14)16-13(17-12)9-18-3/h8,10H,4-7,9H2,1-3H3,(H,15,16,17). The minimum Gasteiger partial charge on any atom is -0.377 e. The number of anilines is 1. The van der Waals surface area contributed by atoms with Gasteiger partial charge in [-0.25, -0.2) is 9.97 Å². The molecule has 0 bridgehead atoms. The molecule has 0 atom stereocenters. The van der Waals surface area contributed by atoms with Crippen molar-refractivity contribution in [2.24, 2.45) is 5.92 Å². The Kier molecular flexibility index (Phi) is 6.98. The monoisotopic (exact) mass is 271 g/mol. The van der Waals surface area contributed by atoms with Crippen LogP contribution in [-0.2, 0) is 11.3 Å². The largest absolute Gasteiger partial charge is 0.377 e. The summed E-state index contributed by atoms with van der Waals surface area (Å²) in [6, 6.07) is 1.74. The van der Waals surface area contributed by atoms with Crippen molar-refractivity contribution >= 4 is 17.4 Å². The number of nitrogens with zero attached hydrogens (tertiary/aromatic N) is 2. The zero-order valence-electron chi connectivity index (χ0n) is 11.4. The Morgan fingerprint density at radius 3 is 2.78 bits per heavy atom. The van der Waals surface area contributed by atoms with Crippen molar-refractivity contribution in [2.75, 3.05) is 19.0 Å². The number of rotatable bonds is 8. The highest BCUT2D eigenvalue weighted by Gasteiger charge is 2.02. The molecule has 1 aromatic rings. The summed E-state index contributed by atoms with van der Waals surface area (Å²) in [6.45, 7) is 5.78. The van der Waals surface area contributed by atoms with Crippen LogP contribution in [0.5, 0.6) is 0 Å². The number of ether oxygens (including phenoxy) is 1. The molecule has 0 saturated carbocycles. The molecule has 0 saturated heterocycles. The van der Waals surface area contributed by atoms with Gasteiger partial charge in [-0.3, -0.25) is 0 Å². The molecule has 0 amide bonds. The maximum Gasteiger partial charge on any atom is 0.158 e. The van der Waals surface area contributed by atoms with Crippen molar-refractivity contribution in [3.05, 3.63) is 17.0 Å². The third kappa shape index (κ3) is 6.17. The van der Waals surface area contributed by atoms with Crippen molar-refractivity contribution in [2.45, 2.75) is 39.7 Å². The molecule has 0 aliphatic heterocycles. The van der Waals surface area contributed by atoms with Crippen LogP contribution in [0, 0.1) is 5.92 Å². The molecule has 1 heterocycles. The van der Waals surface area contributed by atoms with Gasteiger partial charge in [-0.2, -0.15) is 0 Å². The van der Waals surface area contributed by atoms with Crippen LogP contribution in [0.15, 0.2) is 6.07 Å². The van der Waals surface area contributed by atoms with E-state index in [2.05, 4.69) is 29.1 Å². The van der Waals surface area contributed by atoms with Crippen LogP contribution in [-0.4, -0.2) is 23.6 Å². The summed E-state index contributed by atoms with van der Waals surface area (Å²) >= 11 is 5.92. The van der Waals surface area contributed by atoms with Gasteiger partial charge < -0.3 is 10.1 Å². The lowest BCUT2D eigenvalue weighted by atomic mass is 10.1. The molecule has 0 aromatic carbocycles. The Balaban J connectivity index is 2.37. The summed E-state index contributed by atoms with van der Waals surface area (Å²) in [5.41, 5.74) is 0. The number of halogens is 1. The fourth-order valence-electron chi connectivity index (χ4n) is 1.64. The quantitative estimate of drug-likeness (QED) is 0.581. The van der Waals surface area contributed by atoms with Crippen LogP contribution >= 0.6 is 11.6 Å². The Labute approximate surface area is 114 Å². The van der Waals surface area contributed by atoms with Crippen molar-refractivity contribution in [1.82, 2.24) is 9.97 Å². The minimum absolute atomic E-state index is 0.378. The van der Waals surface area contributed by atoms with E-state index in [1.165, 1.54) is 12.8 Å². The van der Waals surface area contributed by atoms with Gasteiger partial charge in [0.05, 0.1) is 0 Å². The second-order valence-corrected chi connectivity index (χ2v) is 5.13. The smallest absolute Gasteiger partial charge is 0.158 e. The highest BCUT2D eigenvalue weighted by atomic mass is 35.5. The number of methoxy groups -OCH3 is 1. The maximum absolute atomic E-state index is 5.92. The number of unbranched alkanes of at least 4 members (excludes halogenated alkanes) is 1. The third-order valence-corrected chi connectivity index (χ3v) is 2.72. The summed E-state index contributed by atoms with van der Waals surface area (Å²) in [5, 5.41) is 3.71. The molecule has 0 radical (unpaired) electrons. The summed E-state index contributed by atoms with van der Waals surface area (Å²) in [4.78, 5) is 8.40. The lowest BCUT2D eigenvalue weighted by molar-refractivity contribution is 0.178. The fraction of sp³-hybridized carbons (Fsp3) is 0.692. The van der Waals surface area contributed by atoms with Gasteiger partial charge in [-0.1, -0.05) is 38.3 Å². The van der Waals surface area contributed by atoms with E-state index in [4.69, 9.17) is 16.3 Å². The molecule has 0 spiro atoms. The van der Waals surface area contributed by atoms with Crippen LogP contribution in [0.25, 0.3) is 0 Å². The number of nitrogens with one attached hydrogen (secondary N) is 1. The van der Waals surface area contributed by atoms with Gasteiger partial charge in [0.2, 0.25) is 0 Å². The second kappa shape index (κ2) is 8.27. The topological polar surface area (TPSA) is 47.0 Å². The molecule has 0 unspecified atom stereocenters. The first kappa shape index (κ1) is 15.2. The van der Waals surface area contributed by atoms with E-state index in [0.717, 1.165) is 24.7 Å². The first-order chi connectivity index (χ1) is 8.61. The molecular formula is C13H22ClN3O. The highest BCUT2D eigenvalue weighted by molar-refractivity contribution is 6.29. The molecule has 5 heteroatoms. The van der Waals surface area contributed by atoms with Crippen LogP contribution in [0.1, 0.15) is 38.9 Å². The van der Waals surface area contributed by atoms with Crippen LogP contribution < -0.4 is 5.32 Å². The van der Waals surface area contributed by atoms with Crippen LogP contribution in [0.3, 0.4) is 0 Å². The molecule has 1 rings (SSSR count). The van der Waals surface area contributed by atoms with Gasteiger partial charge in [0.1, 0.15) is 17.6 Å². The molecular weight excluding hydrogens is 250 g/mol. The van der Waals surface area contributed by atoms with Crippen LogP contribution in [0.4, 0.5) is 5.82 Å². The summed E-state index contributed by atoms with van der Waals surface area (Å²) in [7, 11) is 1.61. The maximum atomic E-state index is 5.92. The molecule has 4 nitrogen and oxygen atoms in total. The first-order valence-corrected chi connectivity index (χ1v) is 6.76. The Morgan fingerprint density at radius 2 is 2.11 bits per heavy atom. The molecule has 0 fully saturated rings. The average molecular weight is 272 g/mol. The molecule has 0 aliphatic carbocycles. The van der Waals surface area contributed by atoms with Crippen molar-refractivity contribution in [3.8, 4) is 0 Å². The predicted molar refractivity (Wildman–Crippen MR) is 74.9 cm³/mol. The van der Waals surface area contributed by atoms with Gasteiger partial charge in [-0.15, -0.1) is 0 Å². The zero-order chi connectivity index (χ0) is 13.4. The van der Waals surface area contributed by atoms with Crippen molar-refractivity contribution in [1.29, 1.82) is 0 Å². The van der Waals surface area contributed by atoms with Crippen molar-refractivity contribution in [3.63, 3.8) is 0 Å². The normalized spacial score (nSPS) is 10.9. The second-order valence-electron chi connectivity index (χ2n) is 4.74. The lowest BCUT2D eigenvalue weighted by Gasteiger charge is -2.08. The van der Waals surface area contributed by atoms with E-state index >= 15 is 0 Å². The number of hydrogen-bond acceptors (Lipinski definition) is 4. The first-order valence-electron chi connectivity index (χ1n) is 6.38. The predicted octanol–water partition coefficient (Wildman–Crippen LogP) is 3.51. The summed E-state index contributed by atoms with van der Waals surface area (Å²) in [5.74, 6) is 2.15. The lowest BCUT2D eigenvalue weighted by Crippen LogP contribution is -2.07. The number of hydrogen-bond donors (Lipinski definition) is 1. The van der Waals surface area contributed by atoms with E-state index < -0.39 is 0 Å². The molecule has 102 valence electrons. The van der Waals surface area contributed by atoms with E-state index in [9.17, 15) is 0 Å². The van der Waals surface area contributed by atoms with E-state index in [1.54, 1.807) is 13.2 Å². The van der Waals surface area contributed by atoms with Gasteiger partial charge in [0, 0.05) is 19.7 Å². The molecule has 1 N–H and O–H groups in total. The SMILES string of the molecule is COCc1nc(Cl)cc(NCCCCC(C)C)n1. The molecule has 1 aromatic heterocycles. The zero-order valence-corrected chi connectivity index (χ0v) is 12.1. The molecule has 0 aliphatic rings. The summed E-state index contributed by atoms with van der Waals surface area (Å²) in [6.07, 6.45) is 3.63.